The minimum absolute atomic E-state index is 0.107. The van der Waals surface area contributed by atoms with Gasteiger partial charge in [0.25, 0.3) is 0 Å². The van der Waals surface area contributed by atoms with Gasteiger partial charge in [-0.15, -0.1) is 11.3 Å². The number of thiocarbonyl (C=S) groups is 1. The van der Waals surface area contributed by atoms with Crippen LogP contribution in [0.25, 0.3) is 0 Å². The summed E-state index contributed by atoms with van der Waals surface area (Å²) in [5.41, 5.74) is 3.65. The second-order valence-electron chi connectivity index (χ2n) is 5.48. The van der Waals surface area contributed by atoms with Crippen LogP contribution in [0.2, 0.25) is 0 Å². The van der Waals surface area contributed by atoms with E-state index in [2.05, 4.69) is 15.8 Å². The molecule has 0 bridgehead atoms. The molecule has 0 amide bonds. The van der Waals surface area contributed by atoms with Crippen LogP contribution in [-0.4, -0.2) is 38.2 Å². The molecule has 0 aliphatic rings. The third-order valence-corrected chi connectivity index (χ3v) is 4.37. The molecule has 1 atom stereocenters. The summed E-state index contributed by atoms with van der Waals surface area (Å²) in [6.07, 6.45) is 1.67. The van der Waals surface area contributed by atoms with Crippen molar-refractivity contribution in [1.29, 1.82) is 0 Å². The largest absolute Gasteiger partial charge is 0.493 e. The summed E-state index contributed by atoms with van der Waals surface area (Å²) in [7, 11) is 3.26. The van der Waals surface area contributed by atoms with Crippen molar-refractivity contribution >= 4 is 34.9 Å². The first-order chi connectivity index (χ1) is 12.6. The van der Waals surface area contributed by atoms with Crippen LogP contribution in [0.4, 0.5) is 0 Å². The first kappa shape index (κ1) is 20.2. The van der Waals surface area contributed by atoms with Gasteiger partial charge in [-0.3, -0.25) is 5.43 Å². The lowest BCUT2D eigenvalue weighted by Gasteiger charge is -2.13. The Labute approximate surface area is 163 Å². The summed E-state index contributed by atoms with van der Waals surface area (Å²) in [5.74, 6) is 1.34. The molecule has 1 aromatic heterocycles. The van der Waals surface area contributed by atoms with Gasteiger partial charge >= 0.3 is 0 Å². The Morgan fingerprint density at radius 2 is 2.15 bits per heavy atom. The van der Waals surface area contributed by atoms with E-state index in [0.29, 0.717) is 29.8 Å². The Bertz CT molecular complexity index is 720. The van der Waals surface area contributed by atoms with Crippen molar-refractivity contribution in [2.75, 3.05) is 20.8 Å². The number of nitrogens with zero attached hydrogens (tertiary/aromatic N) is 1. The SMILES string of the molecule is COC[C@H](C)NC(=S)N/N=C\c1ccc(OCc2cccs2)c(OC)c1. The van der Waals surface area contributed by atoms with E-state index in [4.69, 9.17) is 26.4 Å². The molecule has 1 heterocycles. The number of hydrogen-bond acceptors (Lipinski definition) is 6. The smallest absolute Gasteiger partial charge is 0.187 e. The zero-order valence-electron chi connectivity index (χ0n) is 15.0. The molecular formula is C18H23N3O3S2. The standard InChI is InChI=1S/C18H23N3O3S2/c1-13(11-22-2)20-18(25)21-19-10-14-6-7-16(17(9-14)23-3)24-12-15-5-4-8-26-15/h4-10,13H,11-12H2,1-3H3,(H2,20,21,25)/b19-10-/t13-/m0/s1. The van der Waals surface area contributed by atoms with E-state index >= 15 is 0 Å². The average Bonchev–Trinajstić information content (AvgIpc) is 3.14. The maximum atomic E-state index is 5.82. The van der Waals surface area contributed by atoms with Gasteiger partial charge in [-0.25, -0.2) is 0 Å². The number of benzene rings is 1. The minimum atomic E-state index is 0.107. The Kier molecular flexibility index (Phi) is 8.33. The molecular weight excluding hydrogens is 370 g/mol. The van der Waals surface area contributed by atoms with E-state index in [9.17, 15) is 0 Å². The fraction of sp³-hybridized carbons (Fsp3) is 0.333. The molecule has 0 saturated heterocycles. The first-order valence-corrected chi connectivity index (χ1v) is 9.33. The monoisotopic (exact) mass is 393 g/mol. The first-order valence-electron chi connectivity index (χ1n) is 8.04. The maximum Gasteiger partial charge on any atom is 0.187 e. The normalized spacial score (nSPS) is 12.0. The lowest BCUT2D eigenvalue weighted by molar-refractivity contribution is 0.179. The lowest BCUT2D eigenvalue weighted by Crippen LogP contribution is -2.40. The van der Waals surface area contributed by atoms with Crippen molar-refractivity contribution < 1.29 is 14.2 Å². The lowest BCUT2D eigenvalue weighted by atomic mass is 10.2. The summed E-state index contributed by atoms with van der Waals surface area (Å²) in [6.45, 7) is 3.05. The number of methoxy groups -OCH3 is 2. The number of thiophene rings is 1. The van der Waals surface area contributed by atoms with Crippen molar-refractivity contribution in [3.63, 3.8) is 0 Å². The van der Waals surface area contributed by atoms with Crippen LogP contribution in [-0.2, 0) is 11.3 Å². The number of hydrogen-bond donors (Lipinski definition) is 2. The minimum Gasteiger partial charge on any atom is -0.493 e. The quantitative estimate of drug-likeness (QED) is 0.388. The molecule has 6 nitrogen and oxygen atoms in total. The van der Waals surface area contributed by atoms with Crippen LogP contribution < -0.4 is 20.2 Å². The average molecular weight is 394 g/mol. The molecule has 140 valence electrons. The molecule has 2 rings (SSSR count). The van der Waals surface area contributed by atoms with Crippen molar-refractivity contribution in [2.45, 2.75) is 19.6 Å². The van der Waals surface area contributed by atoms with E-state index < -0.39 is 0 Å². The zero-order chi connectivity index (χ0) is 18.8. The van der Waals surface area contributed by atoms with Gasteiger partial charge in [-0.05, 0) is 54.4 Å². The summed E-state index contributed by atoms with van der Waals surface area (Å²) < 4.78 is 16.3. The van der Waals surface area contributed by atoms with Crippen LogP contribution in [0.3, 0.4) is 0 Å². The fourth-order valence-electron chi connectivity index (χ4n) is 2.14. The summed E-state index contributed by atoms with van der Waals surface area (Å²) in [5, 5.41) is 9.66. The van der Waals surface area contributed by atoms with Gasteiger partial charge in [-0.1, -0.05) is 6.07 Å². The van der Waals surface area contributed by atoms with Gasteiger partial charge < -0.3 is 19.5 Å². The van der Waals surface area contributed by atoms with Crippen molar-refractivity contribution in [2.24, 2.45) is 5.10 Å². The van der Waals surface area contributed by atoms with E-state index in [1.54, 1.807) is 31.8 Å². The molecule has 0 saturated carbocycles. The second kappa shape index (κ2) is 10.7. The van der Waals surface area contributed by atoms with Crippen molar-refractivity contribution in [3.05, 3.63) is 46.2 Å². The van der Waals surface area contributed by atoms with E-state index in [1.165, 1.54) is 0 Å². The summed E-state index contributed by atoms with van der Waals surface area (Å²) in [6, 6.07) is 9.78. The van der Waals surface area contributed by atoms with Crippen molar-refractivity contribution in [1.82, 2.24) is 10.7 Å². The predicted molar refractivity (Wildman–Crippen MR) is 109 cm³/mol. The molecule has 0 fully saturated rings. The number of hydrazone groups is 1. The molecule has 8 heteroatoms. The van der Waals surface area contributed by atoms with Crippen LogP contribution in [0.1, 0.15) is 17.4 Å². The molecule has 26 heavy (non-hydrogen) atoms. The molecule has 0 spiro atoms. The molecule has 0 radical (unpaired) electrons. The van der Waals surface area contributed by atoms with Crippen LogP contribution in [0.5, 0.6) is 11.5 Å². The highest BCUT2D eigenvalue weighted by atomic mass is 32.1. The predicted octanol–water partition coefficient (Wildman–Crippen LogP) is 3.17. The fourth-order valence-corrected chi connectivity index (χ4v) is 3.01. The molecule has 2 N–H and O–H groups in total. The van der Waals surface area contributed by atoms with Gasteiger partial charge in [0.05, 0.1) is 19.9 Å². The van der Waals surface area contributed by atoms with E-state index in [-0.39, 0.29) is 6.04 Å². The van der Waals surface area contributed by atoms with Crippen LogP contribution >= 0.6 is 23.6 Å². The molecule has 2 aromatic rings. The topological polar surface area (TPSA) is 64.1 Å². The van der Waals surface area contributed by atoms with E-state index in [0.717, 1.165) is 10.4 Å². The highest BCUT2D eigenvalue weighted by molar-refractivity contribution is 7.80. The highest BCUT2D eigenvalue weighted by Gasteiger charge is 2.06. The third-order valence-electron chi connectivity index (χ3n) is 3.31. The summed E-state index contributed by atoms with van der Waals surface area (Å²) >= 11 is 6.83. The number of nitrogens with one attached hydrogen (secondary N) is 2. The Hall–Kier alpha value is -2.16. The Balaban J connectivity index is 1.90. The highest BCUT2D eigenvalue weighted by Crippen LogP contribution is 2.28. The zero-order valence-corrected chi connectivity index (χ0v) is 16.7. The Morgan fingerprint density at radius 3 is 2.85 bits per heavy atom. The van der Waals surface area contributed by atoms with E-state index in [1.807, 2.05) is 42.6 Å². The van der Waals surface area contributed by atoms with Gasteiger partial charge in [0, 0.05) is 18.0 Å². The van der Waals surface area contributed by atoms with Gasteiger partial charge in [0.15, 0.2) is 16.6 Å². The molecule has 0 aliphatic carbocycles. The summed E-state index contributed by atoms with van der Waals surface area (Å²) in [4.78, 5) is 1.16. The van der Waals surface area contributed by atoms with Gasteiger partial charge in [-0.2, -0.15) is 5.10 Å². The van der Waals surface area contributed by atoms with Crippen molar-refractivity contribution in [3.8, 4) is 11.5 Å². The van der Waals surface area contributed by atoms with Gasteiger partial charge in [0.2, 0.25) is 0 Å². The Morgan fingerprint density at radius 1 is 1.31 bits per heavy atom. The van der Waals surface area contributed by atoms with Gasteiger partial charge in [0.1, 0.15) is 6.61 Å². The third kappa shape index (κ3) is 6.62. The maximum absolute atomic E-state index is 5.82. The molecule has 1 aromatic carbocycles. The molecule has 0 aliphatic heterocycles. The number of rotatable bonds is 9. The number of ether oxygens (including phenoxy) is 3. The second-order valence-corrected chi connectivity index (χ2v) is 6.92. The van der Waals surface area contributed by atoms with Crippen LogP contribution in [0.15, 0.2) is 40.8 Å². The van der Waals surface area contributed by atoms with Crippen LogP contribution in [0, 0.1) is 0 Å². The molecule has 0 unspecified atom stereocenters.